The van der Waals surface area contributed by atoms with Crippen molar-refractivity contribution >= 4 is 27.6 Å². The maximum Gasteiger partial charge on any atom is 0.307 e. The van der Waals surface area contributed by atoms with Gasteiger partial charge in [-0.25, -0.2) is 13.1 Å². The molecule has 0 heterocycles. The lowest BCUT2D eigenvalue weighted by atomic mass is 10.2. The Labute approximate surface area is 115 Å². The highest BCUT2D eigenvalue weighted by Gasteiger charge is 2.21. The Balaban J connectivity index is 3.05. The average molecular weight is 303 g/mol. The standard InChI is InChI=1S/C11H11ClN2O4S/c1-7(11(15)16)6-14-19(17,18)10-4-9(12)3-2-8(10)5-13/h2-4,7,14H,6H2,1H3,(H,15,16). The number of nitrogens with zero attached hydrogens (tertiary/aromatic N) is 1. The summed E-state index contributed by atoms with van der Waals surface area (Å²) in [5.74, 6) is -1.99. The van der Waals surface area contributed by atoms with Gasteiger partial charge in [-0.3, -0.25) is 4.79 Å². The van der Waals surface area contributed by atoms with E-state index in [-0.39, 0.29) is 22.0 Å². The van der Waals surface area contributed by atoms with Crippen LogP contribution < -0.4 is 4.72 Å². The fraction of sp³-hybridized carbons (Fsp3) is 0.273. The number of benzene rings is 1. The van der Waals surface area contributed by atoms with Crippen molar-refractivity contribution in [3.8, 4) is 6.07 Å². The summed E-state index contributed by atoms with van der Waals surface area (Å²) >= 11 is 5.70. The minimum Gasteiger partial charge on any atom is -0.481 e. The molecule has 1 aromatic rings. The Morgan fingerprint density at radius 2 is 2.21 bits per heavy atom. The zero-order chi connectivity index (χ0) is 14.6. The smallest absolute Gasteiger partial charge is 0.307 e. The quantitative estimate of drug-likeness (QED) is 0.850. The fourth-order valence-electron chi connectivity index (χ4n) is 1.21. The third kappa shape index (κ3) is 3.92. The van der Waals surface area contributed by atoms with Crippen molar-refractivity contribution in [2.75, 3.05) is 6.54 Å². The van der Waals surface area contributed by atoms with E-state index in [1.807, 2.05) is 0 Å². The highest BCUT2D eigenvalue weighted by molar-refractivity contribution is 7.89. The van der Waals surface area contributed by atoms with Gasteiger partial charge < -0.3 is 5.11 Å². The summed E-state index contributed by atoms with van der Waals surface area (Å²) in [7, 11) is -3.97. The summed E-state index contributed by atoms with van der Waals surface area (Å²) in [6.07, 6.45) is 0. The molecule has 0 aromatic heterocycles. The topological polar surface area (TPSA) is 107 Å². The molecular formula is C11H11ClN2O4S. The van der Waals surface area contributed by atoms with Crippen molar-refractivity contribution in [2.24, 2.45) is 5.92 Å². The van der Waals surface area contributed by atoms with E-state index in [0.29, 0.717) is 0 Å². The van der Waals surface area contributed by atoms with Crippen LogP contribution in [0.15, 0.2) is 23.1 Å². The van der Waals surface area contributed by atoms with Crippen LogP contribution in [0.2, 0.25) is 5.02 Å². The molecule has 0 amide bonds. The Kier molecular flexibility index (Phi) is 4.89. The third-order valence-corrected chi connectivity index (χ3v) is 4.05. The number of aliphatic carboxylic acids is 1. The number of hydrogen-bond donors (Lipinski definition) is 2. The van der Waals surface area contributed by atoms with Gasteiger partial charge >= 0.3 is 5.97 Å². The Morgan fingerprint density at radius 1 is 1.58 bits per heavy atom. The van der Waals surface area contributed by atoms with E-state index >= 15 is 0 Å². The van der Waals surface area contributed by atoms with Gasteiger partial charge in [-0.1, -0.05) is 18.5 Å². The molecule has 102 valence electrons. The molecule has 1 rings (SSSR count). The highest BCUT2D eigenvalue weighted by atomic mass is 35.5. The second-order valence-electron chi connectivity index (χ2n) is 3.84. The lowest BCUT2D eigenvalue weighted by Gasteiger charge is -2.10. The number of nitriles is 1. The van der Waals surface area contributed by atoms with Crippen molar-refractivity contribution in [3.05, 3.63) is 28.8 Å². The zero-order valence-corrected chi connectivity index (χ0v) is 11.5. The first-order valence-electron chi connectivity index (χ1n) is 5.20. The predicted octanol–water partition coefficient (Wildman–Crippen LogP) is 1.21. The molecule has 0 aliphatic heterocycles. The monoisotopic (exact) mass is 302 g/mol. The first-order valence-corrected chi connectivity index (χ1v) is 7.06. The van der Waals surface area contributed by atoms with Crippen molar-refractivity contribution in [3.63, 3.8) is 0 Å². The normalized spacial score (nSPS) is 12.7. The molecule has 0 fully saturated rings. The van der Waals surface area contributed by atoms with Crippen LogP contribution in [0.1, 0.15) is 12.5 Å². The molecule has 0 spiro atoms. The molecule has 0 bridgehead atoms. The second kappa shape index (κ2) is 6.02. The van der Waals surface area contributed by atoms with Crippen LogP contribution >= 0.6 is 11.6 Å². The van der Waals surface area contributed by atoms with Gasteiger partial charge in [0.25, 0.3) is 0 Å². The van der Waals surface area contributed by atoms with Crippen LogP contribution in [-0.2, 0) is 14.8 Å². The average Bonchev–Trinajstić information content (AvgIpc) is 2.35. The molecule has 0 saturated carbocycles. The Morgan fingerprint density at radius 3 is 2.74 bits per heavy atom. The van der Waals surface area contributed by atoms with Gasteiger partial charge in [0, 0.05) is 11.6 Å². The van der Waals surface area contributed by atoms with E-state index in [2.05, 4.69) is 4.72 Å². The van der Waals surface area contributed by atoms with Crippen molar-refractivity contribution in [1.29, 1.82) is 5.26 Å². The van der Waals surface area contributed by atoms with Gasteiger partial charge in [-0.2, -0.15) is 5.26 Å². The number of nitrogens with one attached hydrogen (secondary N) is 1. The van der Waals surface area contributed by atoms with E-state index in [1.54, 1.807) is 6.07 Å². The van der Waals surface area contributed by atoms with Crippen LogP contribution in [0, 0.1) is 17.2 Å². The minimum atomic E-state index is -3.97. The lowest BCUT2D eigenvalue weighted by Crippen LogP contribution is -2.31. The molecule has 0 radical (unpaired) electrons. The highest BCUT2D eigenvalue weighted by Crippen LogP contribution is 2.20. The molecule has 19 heavy (non-hydrogen) atoms. The van der Waals surface area contributed by atoms with Gasteiger partial charge in [-0.05, 0) is 18.2 Å². The Bertz CT molecular complexity index is 637. The molecule has 2 N–H and O–H groups in total. The SMILES string of the molecule is CC(CNS(=O)(=O)c1cc(Cl)ccc1C#N)C(=O)O. The predicted molar refractivity (Wildman–Crippen MR) is 68.2 cm³/mol. The number of carbonyl (C=O) groups is 1. The van der Waals surface area contributed by atoms with Gasteiger partial charge in [0.2, 0.25) is 10.0 Å². The number of hydrogen-bond acceptors (Lipinski definition) is 4. The number of sulfonamides is 1. The van der Waals surface area contributed by atoms with Crippen LogP contribution in [0.3, 0.4) is 0 Å². The van der Waals surface area contributed by atoms with Gasteiger partial charge in [0.05, 0.1) is 11.5 Å². The Hall–Kier alpha value is -1.62. The van der Waals surface area contributed by atoms with Gasteiger partial charge in [0.15, 0.2) is 0 Å². The summed E-state index contributed by atoms with van der Waals surface area (Å²) in [4.78, 5) is 10.4. The maximum atomic E-state index is 12.0. The lowest BCUT2D eigenvalue weighted by molar-refractivity contribution is -0.140. The molecule has 8 heteroatoms. The molecule has 6 nitrogen and oxygen atoms in total. The van der Waals surface area contributed by atoms with E-state index in [4.69, 9.17) is 22.0 Å². The second-order valence-corrected chi connectivity index (χ2v) is 6.02. The summed E-state index contributed by atoms with van der Waals surface area (Å²) < 4.78 is 26.1. The molecule has 1 aromatic carbocycles. The fourth-order valence-corrected chi connectivity index (χ4v) is 2.76. The van der Waals surface area contributed by atoms with E-state index in [1.165, 1.54) is 19.1 Å². The van der Waals surface area contributed by atoms with E-state index in [0.717, 1.165) is 6.07 Å². The molecule has 0 saturated heterocycles. The first kappa shape index (κ1) is 15.4. The van der Waals surface area contributed by atoms with Crippen molar-refractivity contribution < 1.29 is 18.3 Å². The molecule has 1 unspecified atom stereocenters. The summed E-state index contributed by atoms with van der Waals surface area (Å²) in [6, 6.07) is 5.58. The molecular weight excluding hydrogens is 292 g/mol. The van der Waals surface area contributed by atoms with Crippen LogP contribution in [0.4, 0.5) is 0 Å². The summed E-state index contributed by atoms with van der Waals surface area (Å²) in [5, 5.41) is 17.7. The minimum absolute atomic E-state index is 0.0557. The number of carboxylic acid groups (broad SMARTS) is 1. The molecule has 0 aliphatic rings. The van der Waals surface area contributed by atoms with Crippen molar-refractivity contribution in [2.45, 2.75) is 11.8 Å². The van der Waals surface area contributed by atoms with Crippen LogP contribution in [0.25, 0.3) is 0 Å². The van der Waals surface area contributed by atoms with E-state index in [9.17, 15) is 13.2 Å². The van der Waals surface area contributed by atoms with Crippen LogP contribution in [0.5, 0.6) is 0 Å². The summed E-state index contributed by atoms with van der Waals surface area (Å²) in [6.45, 7) is 1.10. The van der Waals surface area contributed by atoms with Crippen molar-refractivity contribution in [1.82, 2.24) is 4.72 Å². The molecule has 0 aliphatic carbocycles. The number of rotatable bonds is 5. The zero-order valence-electron chi connectivity index (χ0n) is 9.92. The largest absolute Gasteiger partial charge is 0.481 e. The van der Waals surface area contributed by atoms with E-state index < -0.39 is 21.9 Å². The van der Waals surface area contributed by atoms with Gasteiger partial charge in [-0.15, -0.1) is 0 Å². The number of halogens is 1. The van der Waals surface area contributed by atoms with Gasteiger partial charge in [0.1, 0.15) is 11.0 Å². The molecule has 1 atom stereocenters. The summed E-state index contributed by atoms with van der Waals surface area (Å²) in [5.41, 5.74) is -0.0557. The maximum absolute atomic E-state index is 12.0. The third-order valence-electron chi connectivity index (χ3n) is 2.35. The first-order chi connectivity index (χ1) is 8.77. The van der Waals surface area contributed by atoms with Crippen LogP contribution in [-0.4, -0.2) is 26.0 Å². The number of carboxylic acids is 1.